The lowest BCUT2D eigenvalue weighted by molar-refractivity contribution is -0.0722. The monoisotopic (exact) mass is 811 g/mol. The van der Waals surface area contributed by atoms with Crippen molar-refractivity contribution in [3.05, 3.63) is 59.2 Å². The lowest BCUT2D eigenvalue weighted by Gasteiger charge is -2.28. The van der Waals surface area contributed by atoms with Crippen molar-refractivity contribution in [1.82, 2.24) is 43.8 Å². The van der Waals surface area contributed by atoms with Crippen LogP contribution in [-0.2, 0) is 48.9 Å². The number of benzene rings is 1. The number of fused-ring (bicyclic) bond motifs is 4. The fraction of sp³-hybridized carbons (Fsp3) is 0.429. The third-order valence-corrected chi connectivity index (χ3v) is 11.5. The molecular weight excluding hydrogens is 780 g/mol. The van der Waals surface area contributed by atoms with Crippen LogP contribution in [0.25, 0.3) is 22.3 Å². The van der Waals surface area contributed by atoms with Gasteiger partial charge in [-0.15, -0.1) is 0 Å². The van der Waals surface area contributed by atoms with Crippen LogP contribution >= 0.6 is 19.0 Å². The second kappa shape index (κ2) is 14.1. The van der Waals surface area contributed by atoms with Gasteiger partial charge < -0.3 is 30.4 Å². The van der Waals surface area contributed by atoms with Gasteiger partial charge in [0.2, 0.25) is 5.95 Å². The first-order valence-corrected chi connectivity index (χ1v) is 20.1. The van der Waals surface area contributed by atoms with Crippen molar-refractivity contribution in [3.63, 3.8) is 0 Å². The highest BCUT2D eigenvalue weighted by molar-refractivity contribution is 8.44. The number of nitrogens with one attached hydrogen (secondary N) is 2. The van der Waals surface area contributed by atoms with Crippen molar-refractivity contribution in [2.24, 2.45) is 0 Å². The predicted molar refractivity (Wildman–Crippen MR) is 186 cm³/mol. The van der Waals surface area contributed by atoms with Crippen LogP contribution in [0.4, 0.5) is 16.2 Å². The molecule has 0 amide bonds. The average molecular weight is 812 g/mol. The maximum absolute atomic E-state index is 16.2. The van der Waals surface area contributed by atoms with Crippen LogP contribution in [0.3, 0.4) is 0 Å². The Hall–Kier alpha value is -4.30. The number of nitrogens with zero attached hydrogens (tertiary/aromatic N) is 7. The summed E-state index contributed by atoms with van der Waals surface area (Å²) in [5, 5.41) is 0. The number of methoxy groups -OCH3 is 1. The molecule has 0 bridgehead atoms. The molecule has 288 valence electrons. The molecule has 7 heterocycles. The van der Waals surface area contributed by atoms with Crippen LogP contribution in [0.15, 0.2) is 48.0 Å². The molecule has 3 fully saturated rings. The Balaban J connectivity index is 1.11. The van der Waals surface area contributed by atoms with Crippen molar-refractivity contribution in [2.45, 2.75) is 55.8 Å². The second-order valence-electron chi connectivity index (χ2n) is 12.3. The summed E-state index contributed by atoms with van der Waals surface area (Å²) in [6.07, 6.45) is -8.41. The Morgan fingerprint density at radius 1 is 1.02 bits per heavy atom. The number of aromatic nitrogens is 8. The third-order valence-electron chi connectivity index (χ3n) is 8.90. The van der Waals surface area contributed by atoms with Crippen molar-refractivity contribution in [1.29, 1.82) is 0 Å². The zero-order chi connectivity index (χ0) is 37.9. The Labute approximate surface area is 308 Å². The molecule has 4 aromatic heterocycles. The molecule has 5 aromatic rings. The van der Waals surface area contributed by atoms with E-state index in [1.165, 1.54) is 24.3 Å². The molecule has 1 unspecified atom stereocenters. The predicted octanol–water partition coefficient (Wildman–Crippen LogP) is 0.524. The normalized spacial score (nSPS) is 31.5. The topological polar surface area (TPSA) is 287 Å². The van der Waals surface area contributed by atoms with Crippen molar-refractivity contribution in [2.75, 3.05) is 31.7 Å². The molecule has 3 saturated heterocycles. The number of H-pyrrole nitrogens is 1. The lowest BCUT2D eigenvalue weighted by atomic mass is 10.1. The minimum absolute atomic E-state index is 0.0242. The average Bonchev–Trinajstić information content (AvgIpc) is 3.90. The highest BCUT2D eigenvalue weighted by Crippen LogP contribution is 2.57. The first-order valence-electron chi connectivity index (χ1n) is 16.0. The molecule has 26 heteroatoms. The number of hydrogen-bond acceptors (Lipinski definition) is 18. The second-order valence-corrected chi connectivity index (χ2v) is 16.5. The van der Waals surface area contributed by atoms with Gasteiger partial charge in [0.05, 0.1) is 33.0 Å². The number of hydrogen-bond donors (Lipinski definition) is 5. The van der Waals surface area contributed by atoms with E-state index in [1.807, 2.05) is 0 Å². The van der Waals surface area contributed by atoms with Crippen LogP contribution in [0.1, 0.15) is 18.0 Å². The van der Waals surface area contributed by atoms with E-state index in [-0.39, 0.29) is 40.7 Å². The van der Waals surface area contributed by atoms with Crippen LogP contribution in [-0.4, -0.2) is 104 Å². The van der Waals surface area contributed by atoms with Crippen LogP contribution < -0.4 is 26.5 Å². The maximum Gasteiger partial charge on any atom is 0.386 e. The molecule has 54 heavy (non-hydrogen) atoms. The summed E-state index contributed by atoms with van der Waals surface area (Å²) in [6, 6.07) is 6.99. The molecule has 6 N–H and O–H groups in total. The zero-order valence-corrected chi connectivity index (χ0v) is 30.3. The van der Waals surface area contributed by atoms with E-state index >= 15 is 4.39 Å². The molecule has 0 radical (unpaired) electrons. The zero-order valence-electron chi connectivity index (χ0n) is 27.7. The first-order chi connectivity index (χ1) is 25.8. The smallest absolute Gasteiger partial charge is 0.386 e. The number of ether oxygens (including phenoxy) is 4. The van der Waals surface area contributed by atoms with E-state index in [9.17, 15) is 17.8 Å². The number of anilines is 2. The van der Waals surface area contributed by atoms with Gasteiger partial charge >= 0.3 is 17.1 Å². The maximum atomic E-state index is 16.2. The minimum atomic E-state index is -4.78. The lowest BCUT2D eigenvalue weighted by Crippen LogP contribution is -2.45. The summed E-state index contributed by atoms with van der Waals surface area (Å²) in [6.45, 7) is -5.74. The SMILES string of the molecule is COc1ccc(COC2[C@H](n3cnc4c(N)ncnc43)O[C@@H]3CNS(=O)(=O)O[C@H]4[C@@H](F)[C@H](n5cnc6c(=O)[nH]c(N)nc65)O[C@@H]4CO[P@@](=O)(S)O[C@@H]23)cc1. The molecule has 0 saturated carbocycles. The standard InChI is InChI=1S/C28H31FN11O11PS2/c1-45-13-4-2-12(3-5-13)7-46-21-20-14(48-27(21)39-10-34-17-22(30)32-9-33-23(17)39)6-36-54(43,44)51-19-15(8-47-52(42,53)50-20)49-26(16(19)29)40-11-35-18-24(40)37-28(31)38-25(18)41/h2-5,9-11,14-16,19-21,26-27,36H,6-8H2,1H3,(H,42,53)(H2,30,32,33)(H3,31,37,38,41)/t14-,15-,16-,19-,20-,21?,26-,27-,52-/m1/s1. The molecule has 0 aliphatic carbocycles. The van der Waals surface area contributed by atoms with E-state index in [0.29, 0.717) is 11.3 Å². The number of nitrogen functional groups attached to an aromatic ring is 2. The summed E-state index contributed by atoms with van der Waals surface area (Å²) in [7, 11) is -3.25. The molecule has 3 aliphatic rings. The highest BCUT2D eigenvalue weighted by atomic mass is 32.7. The molecule has 0 spiro atoms. The quantitative estimate of drug-likeness (QED) is 0.115. The van der Waals surface area contributed by atoms with Crippen LogP contribution in [0, 0.1) is 0 Å². The van der Waals surface area contributed by atoms with E-state index in [1.54, 1.807) is 24.3 Å². The van der Waals surface area contributed by atoms with E-state index in [2.05, 4.69) is 46.9 Å². The molecule has 9 atom stereocenters. The van der Waals surface area contributed by atoms with Gasteiger partial charge in [-0.1, -0.05) is 24.4 Å². The Morgan fingerprint density at radius 3 is 2.50 bits per heavy atom. The first kappa shape index (κ1) is 36.7. The summed E-state index contributed by atoms with van der Waals surface area (Å²) in [5.74, 6) is 0.417. The molecule has 1 aromatic carbocycles. The van der Waals surface area contributed by atoms with Crippen molar-refractivity contribution in [3.8, 4) is 5.75 Å². The fourth-order valence-corrected chi connectivity index (χ4v) is 8.83. The van der Waals surface area contributed by atoms with Crippen LogP contribution in [0.5, 0.6) is 5.75 Å². The highest BCUT2D eigenvalue weighted by Gasteiger charge is 2.54. The summed E-state index contributed by atoms with van der Waals surface area (Å²) < 4.78 is 102. The largest absolute Gasteiger partial charge is 0.497 e. The Bertz CT molecular complexity index is 2420. The van der Waals surface area contributed by atoms with E-state index in [4.69, 9.17) is 43.6 Å². The van der Waals surface area contributed by atoms with Crippen LogP contribution in [0.2, 0.25) is 0 Å². The summed E-state index contributed by atoms with van der Waals surface area (Å²) in [4.78, 5) is 35.1. The van der Waals surface area contributed by atoms with E-state index in [0.717, 1.165) is 10.9 Å². The van der Waals surface area contributed by atoms with Gasteiger partial charge in [0.15, 0.2) is 41.3 Å². The Kier molecular flexibility index (Phi) is 9.56. The van der Waals surface area contributed by atoms with Gasteiger partial charge in [-0.25, -0.2) is 33.1 Å². The van der Waals surface area contributed by atoms with Gasteiger partial charge in [-0.05, 0) is 17.7 Å². The van der Waals surface area contributed by atoms with Gasteiger partial charge in [0, 0.05) is 6.54 Å². The fourth-order valence-electron chi connectivity index (χ4n) is 6.38. The van der Waals surface area contributed by atoms with Gasteiger partial charge in [0.25, 0.3) is 5.56 Å². The summed E-state index contributed by atoms with van der Waals surface area (Å²) in [5.41, 5.74) is 11.9. The number of rotatable bonds is 6. The van der Waals surface area contributed by atoms with Crippen molar-refractivity contribution < 1.29 is 49.6 Å². The van der Waals surface area contributed by atoms with E-state index < -0.39 is 85.0 Å². The number of nitrogens with two attached hydrogens (primary N) is 2. The molecule has 22 nitrogen and oxygen atoms in total. The number of alkyl halides is 1. The van der Waals surface area contributed by atoms with Gasteiger partial charge in [-0.2, -0.15) is 18.1 Å². The number of imidazole rings is 2. The van der Waals surface area contributed by atoms with Gasteiger partial charge in [0.1, 0.15) is 48.1 Å². The summed E-state index contributed by atoms with van der Waals surface area (Å²) >= 11 is 4.20. The number of thiol groups is 1. The molecule has 3 aliphatic heterocycles. The molecular formula is C28H31FN11O11PS2. The third kappa shape index (κ3) is 6.91. The van der Waals surface area contributed by atoms with Crippen molar-refractivity contribution >= 4 is 63.4 Å². The minimum Gasteiger partial charge on any atom is -0.497 e. The number of aromatic amines is 1. The van der Waals surface area contributed by atoms with Gasteiger partial charge in [-0.3, -0.25) is 28.0 Å². The number of halogens is 1. The Morgan fingerprint density at radius 2 is 1.74 bits per heavy atom. The molecule has 8 rings (SSSR count).